The molecule has 1 atom stereocenters. The Hall–Kier alpha value is -0.130. The summed E-state index contributed by atoms with van der Waals surface area (Å²) in [6.07, 6.45) is 0. The molecule has 5 heteroatoms. The van der Waals surface area contributed by atoms with Crippen LogP contribution in [0.25, 0.3) is 0 Å². The van der Waals surface area contributed by atoms with Crippen molar-refractivity contribution >= 4 is 10.0 Å². The Morgan fingerprint density at radius 1 is 1.44 bits per heavy atom. The number of rotatable bonds is 0. The van der Waals surface area contributed by atoms with Gasteiger partial charge in [0.1, 0.15) is 5.37 Å². The minimum Gasteiger partial charge on any atom is -0.299 e. The summed E-state index contributed by atoms with van der Waals surface area (Å²) in [5.74, 6) is 0. The fourth-order valence-electron chi connectivity index (χ4n) is 0.703. The predicted octanol–water partition coefficient (Wildman–Crippen LogP) is -1.14. The SMILES string of the molecule is CC1NCCNS1(=O)=O. The van der Waals surface area contributed by atoms with Crippen molar-refractivity contribution in [3.05, 3.63) is 0 Å². The van der Waals surface area contributed by atoms with Gasteiger partial charge in [-0.3, -0.25) is 5.32 Å². The summed E-state index contributed by atoms with van der Waals surface area (Å²) in [6, 6.07) is 0. The molecular formula is C4H10N2O2S. The zero-order valence-electron chi connectivity index (χ0n) is 5.22. The lowest BCUT2D eigenvalue weighted by atomic mass is 10.6. The van der Waals surface area contributed by atoms with E-state index in [0.29, 0.717) is 6.54 Å². The van der Waals surface area contributed by atoms with Gasteiger partial charge in [0.25, 0.3) is 0 Å². The van der Waals surface area contributed by atoms with Crippen molar-refractivity contribution < 1.29 is 8.42 Å². The molecule has 1 saturated heterocycles. The van der Waals surface area contributed by atoms with Crippen molar-refractivity contribution in [2.75, 3.05) is 13.1 Å². The topological polar surface area (TPSA) is 58.2 Å². The maximum absolute atomic E-state index is 10.8. The summed E-state index contributed by atoms with van der Waals surface area (Å²) >= 11 is 0. The Morgan fingerprint density at radius 3 is 2.44 bits per heavy atom. The molecule has 0 aromatic carbocycles. The maximum atomic E-state index is 10.8. The van der Waals surface area contributed by atoms with E-state index in [1.54, 1.807) is 6.92 Å². The van der Waals surface area contributed by atoms with E-state index in [-0.39, 0.29) is 0 Å². The average molecular weight is 150 g/mol. The van der Waals surface area contributed by atoms with Gasteiger partial charge >= 0.3 is 0 Å². The van der Waals surface area contributed by atoms with E-state index in [1.165, 1.54) is 0 Å². The van der Waals surface area contributed by atoms with Crippen LogP contribution < -0.4 is 10.0 Å². The Labute approximate surface area is 54.7 Å². The molecule has 1 unspecified atom stereocenters. The monoisotopic (exact) mass is 150 g/mol. The van der Waals surface area contributed by atoms with Gasteiger partial charge in [-0.15, -0.1) is 0 Å². The van der Waals surface area contributed by atoms with Gasteiger partial charge in [-0.05, 0) is 6.92 Å². The standard InChI is InChI=1S/C4H10N2O2S/c1-4-5-2-3-6-9(4,7)8/h4-6H,2-3H2,1H3. The third-order valence-corrected chi connectivity index (χ3v) is 3.03. The minimum atomic E-state index is -3.02. The van der Waals surface area contributed by atoms with Gasteiger partial charge in [-0.25, -0.2) is 13.1 Å². The van der Waals surface area contributed by atoms with Gasteiger partial charge in [0, 0.05) is 13.1 Å². The highest BCUT2D eigenvalue weighted by Gasteiger charge is 2.22. The zero-order valence-corrected chi connectivity index (χ0v) is 6.03. The smallest absolute Gasteiger partial charge is 0.227 e. The van der Waals surface area contributed by atoms with Gasteiger partial charge in [0.2, 0.25) is 10.0 Å². The van der Waals surface area contributed by atoms with Gasteiger partial charge in [0.15, 0.2) is 0 Å². The largest absolute Gasteiger partial charge is 0.299 e. The van der Waals surface area contributed by atoms with Gasteiger partial charge < -0.3 is 0 Å². The van der Waals surface area contributed by atoms with Crippen LogP contribution in [0.1, 0.15) is 6.92 Å². The van der Waals surface area contributed by atoms with Crippen molar-refractivity contribution in [3.8, 4) is 0 Å². The number of hydrogen-bond acceptors (Lipinski definition) is 3. The highest BCUT2D eigenvalue weighted by molar-refractivity contribution is 7.90. The molecule has 9 heavy (non-hydrogen) atoms. The zero-order chi connectivity index (χ0) is 6.91. The molecule has 1 rings (SSSR count). The number of sulfonamides is 1. The van der Waals surface area contributed by atoms with E-state index < -0.39 is 15.4 Å². The molecule has 0 aromatic heterocycles. The van der Waals surface area contributed by atoms with Crippen molar-refractivity contribution in [2.45, 2.75) is 12.3 Å². The molecule has 2 N–H and O–H groups in total. The fraction of sp³-hybridized carbons (Fsp3) is 1.00. The molecular weight excluding hydrogens is 140 g/mol. The lowest BCUT2D eigenvalue weighted by Crippen LogP contribution is -2.50. The molecule has 0 spiro atoms. The molecule has 0 saturated carbocycles. The van der Waals surface area contributed by atoms with Crippen LogP contribution in [0.5, 0.6) is 0 Å². The maximum Gasteiger partial charge on any atom is 0.227 e. The van der Waals surface area contributed by atoms with Crippen LogP contribution in [0.3, 0.4) is 0 Å². The van der Waals surface area contributed by atoms with Gasteiger partial charge in [0.05, 0.1) is 0 Å². The predicted molar refractivity (Wildman–Crippen MR) is 34.4 cm³/mol. The second kappa shape index (κ2) is 2.24. The van der Waals surface area contributed by atoms with Crippen LogP contribution in [-0.4, -0.2) is 26.9 Å². The second-order valence-electron chi connectivity index (χ2n) is 2.04. The van der Waals surface area contributed by atoms with Crippen molar-refractivity contribution in [2.24, 2.45) is 0 Å². The highest BCUT2D eigenvalue weighted by Crippen LogP contribution is 1.95. The van der Waals surface area contributed by atoms with E-state index in [1.807, 2.05) is 0 Å². The van der Waals surface area contributed by atoms with Gasteiger partial charge in [-0.2, -0.15) is 0 Å². The highest BCUT2D eigenvalue weighted by atomic mass is 32.2. The molecule has 1 fully saturated rings. The first kappa shape index (κ1) is 6.98. The summed E-state index contributed by atoms with van der Waals surface area (Å²) in [5.41, 5.74) is 0. The summed E-state index contributed by atoms with van der Waals surface area (Å²) in [4.78, 5) is 0. The van der Waals surface area contributed by atoms with Gasteiger partial charge in [-0.1, -0.05) is 0 Å². The van der Waals surface area contributed by atoms with E-state index >= 15 is 0 Å². The second-order valence-corrected chi connectivity index (χ2v) is 4.12. The van der Waals surface area contributed by atoms with Crippen LogP contribution in [0.2, 0.25) is 0 Å². The van der Waals surface area contributed by atoms with Crippen molar-refractivity contribution in [1.82, 2.24) is 10.0 Å². The van der Waals surface area contributed by atoms with Crippen LogP contribution in [0.4, 0.5) is 0 Å². The first-order chi connectivity index (χ1) is 4.13. The van der Waals surface area contributed by atoms with Crippen molar-refractivity contribution in [1.29, 1.82) is 0 Å². The molecule has 1 heterocycles. The third kappa shape index (κ3) is 1.41. The van der Waals surface area contributed by atoms with E-state index in [2.05, 4.69) is 10.0 Å². The average Bonchev–Trinajstić information content (AvgIpc) is 1.77. The molecule has 1 aliphatic rings. The Kier molecular flexibility index (Phi) is 1.74. The molecule has 54 valence electrons. The Bertz CT molecular complexity index is 187. The first-order valence-electron chi connectivity index (χ1n) is 2.85. The third-order valence-electron chi connectivity index (χ3n) is 1.33. The lowest BCUT2D eigenvalue weighted by Gasteiger charge is -2.20. The molecule has 0 aromatic rings. The molecule has 1 aliphatic heterocycles. The Balaban J connectivity index is 2.72. The van der Waals surface area contributed by atoms with Crippen molar-refractivity contribution in [3.63, 3.8) is 0 Å². The Morgan fingerprint density at radius 2 is 2.11 bits per heavy atom. The molecule has 0 radical (unpaired) electrons. The molecule has 0 bridgehead atoms. The molecule has 0 amide bonds. The summed E-state index contributed by atoms with van der Waals surface area (Å²) < 4.78 is 24.0. The van der Waals surface area contributed by atoms with E-state index in [0.717, 1.165) is 6.54 Å². The van der Waals surface area contributed by atoms with E-state index in [4.69, 9.17) is 0 Å². The van der Waals surface area contributed by atoms with Crippen LogP contribution in [0.15, 0.2) is 0 Å². The summed E-state index contributed by atoms with van der Waals surface area (Å²) in [7, 11) is -3.02. The number of nitrogens with one attached hydrogen (secondary N) is 2. The van der Waals surface area contributed by atoms with E-state index in [9.17, 15) is 8.42 Å². The summed E-state index contributed by atoms with van der Waals surface area (Å²) in [5, 5.41) is 2.38. The number of hydrogen-bond donors (Lipinski definition) is 2. The summed E-state index contributed by atoms with van der Waals surface area (Å²) in [6.45, 7) is 2.86. The quantitative estimate of drug-likeness (QED) is 0.458. The van der Waals surface area contributed by atoms with Crippen LogP contribution in [-0.2, 0) is 10.0 Å². The molecule has 4 nitrogen and oxygen atoms in total. The normalized spacial score (nSPS) is 34.1. The minimum absolute atomic E-state index is 0.439. The molecule has 0 aliphatic carbocycles. The van der Waals surface area contributed by atoms with Crippen LogP contribution >= 0.6 is 0 Å². The van der Waals surface area contributed by atoms with Crippen LogP contribution in [0, 0.1) is 0 Å². The lowest BCUT2D eigenvalue weighted by molar-refractivity contribution is 0.520. The fourth-order valence-corrected chi connectivity index (χ4v) is 1.68. The first-order valence-corrected chi connectivity index (χ1v) is 4.39.